The molecule has 0 radical (unpaired) electrons. The van der Waals surface area contributed by atoms with Gasteiger partial charge in [-0.1, -0.05) is 11.6 Å². The maximum absolute atomic E-state index is 11.2. The number of benzene rings is 2. The third kappa shape index (κ3) is 4.73. The van der Waals surface area contributed by atoms with Crippen LogP contribution in [0.25, 0.3) is 33.3 Å². The number of nitrogens with two attached hydrogens (primary N) is 1. The van der Waals surface area contributed by atoms with Gasteiger partial charge in [0.15, 0.2) is 0 Å². The van der Waals surface area contributed by atoms with Gasteiger partial charge in [0.25, 0.3) is 0 Å². The van der Waals surface area contributed by atoms with Crippen LogP contribution in [0, 0.1) is 6.92 Å². The van der Waals surface area contributed by atoms with Crippen LogP contribution in [0.1, 0.15) is 24.7 Å². The summed E-state index contributed by atoms with van der Waals surface area (Å²) in [6, 6.07) is 9.55. The Morgan fingerprint density at radius 2 is 1.97 bits per heavy atom. The molecule has 37 heavy (non-hydrogen) atoms. The maximum Gasteiger partial charge on any atom is 0.231 e. The normalized spacial score (nSPS) is 15.0. The van der Waals surface area contributed by atoms with Gasteiger partial charge in [0, 0.05) is 30.9 Å². The zero-order chi connectivity index (χ0) is 25.5. The Bertz CT molecular complexity index is 1620. The van der Waals surface area contributed by atoms with E-state index in [1.165, 1.54) is 0 Å². The first-order valence-corrected chi connectivity index (χ1v) is 12.5. The Kier molecular flexibility index (Phi) is 5.97. The summed E-state index contributed by atoms with van der Waals surface area (Å²) in [5, 5.41) is 4.97. The van der Waals surface area contributed by atoms with Crippen molar-refractivity contribution >= 4 is 39.6 Å². The molecule has 188 valence electrons. The standard InChI is InChI=1S/C26H25ClN8O2/c1-15-31-19-3-2-18(10-21(19)32-15)37-23-5-4-20-26(25(23)27)33-22(12-29-20)16-11-30-35(13-16)17-6-8-34(9-7-17)14-24(28)36/h2-5,10-13,17H,6-9,14H2,1H3,(H2,28,36)(H,31,32). The number of piperidine rings is 1. The third-order valence-corrected chi connectivity index (χ3v) is 6.99. The highest BCUT2D eigenvalue weighted by Crippen LogP contribution is 2.36. The molecular weight excluding hydrogens is 492 g/mol. The lowest BCUT2D eigenvalue weighted by Crippen LogP contribution is -2.40. The number of amides is 1. The molecule has 1 aliphatic heterocycles. The predicted octanol–water partition coefficient (Wildman–Crippen LogP) is 4.25. The van der Waals surface area contributed by atoms with Gasteiger partial charge in [-0.05, 0) is 44.0 Å². The molecule has 3 aromatic heterocycles. The molecule has 0 unspecified atom stereocenters. The Balaban J connectivity index is 1.23. The van der Waals surface area contributed by atoms with Crippen molar-refractivity contribution in [3.8, 4) is 22.8 Å². The first-order chi connectivity index (χ1) is 17.9. The molecule has 0 atom stereocenters. The number of aromatic nitrogens is 6. The number of aromatic amines is 1. The highest BCUT2D eigenvalue weighted by atomic mass is 35.5. The van der Waals surface area contributed by atoms with Crippen molar-refractivity contribution in [2.45, 2.75) is 25.8 Å². The number of H-pyrrole nitrogens is 1. The van der Waals surface area contributed by atoms with Crippen LogP contribution in [0.3, 0.4) is 0 Å². The van der Waals surface area contributed by atoms with Crippen LogP contribution in [-0.4, -0.2) is 60.2 Å². The predicted molar refractivity (Wildman–Crippen MR) is 141 cm³/mol. The van der Waals surface area contributed by atoms with Gasteiger partial charge in [-0.3, -0.25) is 19.4 Å². The molecule has 3 N–H and O–H groups in total. The summed E-state index contributed by atoms with van der Waals surface area (Å²) in [5.41, 5.74) is 9.86. The molecule has 2 aromatic carbocycles. The fraction of sp³-hybridized carbons (Fsp3) is 0.269. The lowest BCUT2D eigenvalue weighted by molar-refractivity contribution is -0.119. The van der Waals surface area contributed by atoms with Crippen LogP contribution in [0.2, 0.25) is 5.02 Å². The second-order valence-electron chi connectivity index (χ2n) is 9.29. The quantitative estimate of drug-likeness (QED) is 0.345. The van der Waals surface area contributed by atoms with Crippen LogP contribution in [0.5, 0.6) is 11.5 Å². The van der Waals surface area contributed by atoms with Gasteiger partial charge >= 0.3 is 0 Å². The maximum atomic E-state index is 11.2. The topological polar surface area (TPSA) is 128 Å². The number of carbonyl (C=O) groups excluding carboxylic acids is 1. The van der Waals surface area contributed by atoms with Crippen molar-refractivity contribution in [3.05, 3.63) is 59.8 Å². The van der Waals surface area contributed by atoms with E-state index in [4.69, 9.17) is 27.1 Å². The Morgan fingerprint density at radius 3 is 2.78 bits per heavy atom. The molecule has 1 fully saturated rings. The minimum absolute atomic E-state index is 0.255. The number of fused-ring (bicyclic) bond motifs is 2. The fourth-order valence-electron chi connectivity index (χ4n) is 4.78. The van der Waals surface area contributed by atoms with Crippen LogP contribution in [0.4, 0.5) is 0 Å². The van der Waals surface area contributed by atoms with Crippen LogP contribution in [-0.2, 0) is 4.79 Å². The Hall–Kier alpha value is -4.02. The van der Waals surface area contributed by atoms with E-state index in [0.717, 1.165) is 48.4 Å². The molecule has 11 heteroatoms. The summed E-state index contributed by atoms with van der Waals surface area (Å²) in [7, 11) is 0. The summed E-state index contributed by atoms with van der Waals surface area (Å²) < 4.78 is 8.07. The number of aryl methyl sites for hydroxylation is 1. The van der Waals surface area contributed by atoms with Crippen LogP contribution < -0.4 is 10.5 Å². The molecule has 4 heterocycles. The number of imidazole rings is 1. The van der Waals surface area contributed by atoms with Gasteiger partial charge in [-0.15, -0.1) is 0 Å². The molecule has 0 aliphatic carbocycles. The SMILES string of the molecule is Cc1nc2ccc(Oc3ccc4ncc(-c5cnn(C6CCN(CC(N)=O)CC6)c5)nc4c3Cl)cc2[nH]1. The van der Waals surface area contributed by atoms with Crippen LogP contribution in [0.15, 0.2) is 48.9 Å². The Morgan fingerprint density at radius 1 is 1.16 bits per heavy atom. The van der Waals surface area contributed by atoms with E-state index >= 15 is 0 Å². The van der Waals surface area contributed by atoms with Crippen molar-refractivity contribution in [1.29, 1.82) is 0 Å². The number of nitrogens with one attached hydrogen (secondary N) is 1. The number of likely N-dealkylation sites (tertiary alicyclic amines) is 1. The van der Waals surface area contributed by atoms with E-state index < -0.39 is 0 Å². The van der Waals surface area contributed by atoms with Crippen molar-refractivity contribution in [2.75, 3.05) is 19.6 Å². The zero-order valence-corrected chi connectivity index (χ0v) is 20.9. The smallest absolute Gasteiger partial charge is 0.231 e. The molecule has 0 saturated carbocycles. The summed E-state index contributed by atoms with van der Waals surface area (Å²) in [5.74, 6) is 1.69. The summed E-state index contributed by atoms with van der Waals surface area (Å²) >= 11 is 6.74. The monoisotopic (exact) mass is 516 g/mol. The van der Waals surface area contributed by atoms with Crippen molar-refractivity contribution in [1.82, 2.24) is 34.6 Å². The largest absolute Gasteiger partial charge is 0.456 e. The second kappa shape index (κ2) is 9.45. The highest BCUT2D eigenvalue weighted by molar-refractivity contribution is 6.36. The zero-order valence-electron chi connectivity index (χ0n) is 20.2. The molecule has 0 spiro atoms. The first-order valence-electron chi connectivity index (χ1n) is 12.1. The van der Waals surface area contributed by atoms with E-state index in [2.05, 4.69) is 25.0 Å². The number of nitrogens with zero attached hydrogens (tertiary/aromatic N) is 6. The van der Waals surface area contributed by atoms with E-state index in [-0.39, 0.29) is 11.9 Å². The molecular formula is C26H25ClN8O2. The average molecular weight is 517 g/mol. The van der Waals surface area contributed by atoms with Gasteiger partial charge in [-0.25, -0.2) is 9.97 Å². The molecule has 0 bridgehead atoms. The molecule has 1 amide bonds. The van der Waals surface area contributed by atoms with Gasteiger partial charge in [0.05, 0.1) is 47.2 Å². The van der Waals surface area contributed by atoms with E-state index in [1.54, 1.807) is 18.5 Å². The van der Waals surface area contributed by atoms with Gasteiger partial charge in [0.1, 0.15) is 27.9 Å². The number of hydrogen-bond donors (Lipinski definition) is 2. The number of halogens is 1. The number of carbonyl (C=O) groups is 1. The first kappa shape index (κ1) is 23.4. The van der Waals surface area contributed by atoms with Crippen molar-refractivity contribution in [3.63, 3.8) is 0 Å². The second-order valence-corrected chi connectivity index (χ2v) is 9.66. The average Bonchev–Trinajstić information content (AvgIpc) is 3.52. The Labute approximate surface area is 217 Å². The minimum Gasteiger partial charge on any atom is -0.456 e. The molecule has 10 nitrogen and oxygen atoms in total. The summed E-state index contributed by atoms with van der Waals surface area (Å²) in [6.07, 6.45) is 7.30. The number of hydrogen-bond acceptors (Lipinski definition) is 7. The van der Waals surface area contributed by atoms with Crippen molar-refractivity contribution in [2.24, 2.45) is 5.73 Å². The number of rotatable bonds is 6. The molecule has 1 aliphatic rings. The van der Waals surface area contributed by atoms with E-state index in [9.17, 15) is 4.79 Å². The summed E-state index contributed by atoms with van der Waals surface area (Å²) in [4.78, 5) is 30.3. The fourth-order valence-corrected chi connectivity index (χ4v) is 5.02. The lowest BCUT2D eigenvalue weighted by Gasteiger charge is -2.31. The highest BCUT2D eigenvalue weighted by Gasteiger charge is 2.22. The molecule has 5 aromatic rings. The third-order valence-electron chi connectivity index (χ3n) is 6.63. The van der Waals surface area contributed by atoms with E-state index in [1.807, 2.05) is 42.1 Å². The summed E-state index contributed by atoms with van der Waals surface area (Å²) in [6.45, 7) is 3.83. The van der Waals surface area contributed by atoms with Crippen LogP contribution >= 0.6 is 11.6 Å². The van der Waals surface area contributed by atoms with Gasteiger partial charge in [-0.2, -0.15) is 5.10 Å². The minimum atomic E-state index is -0.295. The molecule has 1 saturated heterocycles. The van der Waals surface area contributed by atoms with Gasteiger partial charge < -0.3 is 15.5 Å². The number of primary amides is 1. The van der Waals surface area contributed by atoms with E-state index in [0.29, 0.717) is 39.8 Å². The number of ether oxygens (including phenoxy) is 1. The van der Waals surface area contributed by atoms with Gasteiger partial charge in [0.2, 0.25) is 5.91 Å². The lowest BCUT2D eigenvalue weighted by atomic mass is 10.1. The van der Waals surface area contributed by atoms with Crippen molar-refractivity contribution < 1.29 is 9.53 Å². The molecule has 6 rings (SSSR count).